The number of para-hydroxylation sites is 2. The molecule has 234 valence electrons. The van der Waals surface area contributed by atoms with Crippen molar-refractivity contribution in [1.29, 1.82) is 21.0 Å². The van der Waals surface area contributed by atoms with Crippen LogP contribution in [0.25, 0.3) is 69.8 Å². The van der Waals surface area contributed by atoms with Crippen molar-refractivity contribution in [3.63, 3.8) is 0 Å². The van der Waals surface area contributed by atoms with Crippen LogP contribution in [0, 0.1) is 45.3 Å². The maximum atomic E-state index is 10.2. The summed E-state index contributed by atoms with van der Waals surface area (Å²) in [5.41, 5.74) is 14.3. The van der Waals surface area contributed by atoms with Crippen LogP contribution in [0.3, 0.4) is 0 Å². The van der Waals surface area contributed by atoms with E-state index in [0.717, 1.165) is 50.1 Å². The van der Waals surface area contributed by atoms with E-state index in [1.165, 1.54) is 41.9 Å². The second-order valence-electron chi connectivity index (χ2n) is 13.7. The van der Waals surface area contributed by atoms with Crippen molar-refractivity contribution in [2.75, 3.05) is 0 Å². The first-order valence-corrected chi connectivity index (χ1v) is 18.3. The van der Waals surface area contributed by atoms with Gasteiger partial charge in [0.25, 0.3) is 0 Å². The van der Waals surface area contributed by atoms with Gasteiger partial charge in [-0.3, -0.25) is 0 Å². The summed E-state index contributed by atoms with van der Waals surface area (Å²) in [5, 5.41) is 42.9. The van der Waals surface area contributed by atoms with Crippen LogP contribution >= 0.6 is 0 Å². The van der Waals surface area contributed by atoms with Crippen molar-refractivity contribution in [1.82, 2.24) is 4.57 Å². The fraction of sp³-hybridized carbons (Fsp3) is 0.0667. The fourth-order valence-electron chi connectivity index (χ4n) is 8.65. The summed E-state index contributed by atoms with van der Waals surface area (Å²) in [6, 6.07) is 44.6. The van der Waals surface area contributed by atoms with E-state index in [2.05, 4.69) is 115 Å². The average molecular weight is 713 g/mol. The monoisotopic (exact) mass is 713 g/mol. The van der Waals surface area contributed by atoms with Crippen LogP contribution in [0.4, 0.5) is 0 Å². The second kappa shape index (κ2) is 10.2. The molecule has 0 spiro atoms. The number of hydrogen-bond donors (Lipinski definition) is 0. The molecule has 0 fully saturated rings. The summed E-state index contributed by atoms with van der Waals surface area (Å²) in [7, 11) is 0. The van der Waals surface area contributed by atoms with Gasteiger partial charge in [0, 0.05) is 0 Å². The van der Waals surface area contributed by atoms with Crippen molar-refractivity contribution >= 4 is 47.5 Å². The SMILES string of the molecule is CC1(C)c2cc(-c3ccc4c(c3)C(=C(C#N)C#N)c3cc5c(cc3-4)-c3ccccc3C5=C(C#N)C#N)[se]c2-n2c3ccccc3c3cccc1c32. The molecule has 3 aliphatic rings. The van der Waals surface area contributed by atoms with Gasteiger partial charge in [-0.25, -0.2) is 0 Å². The summed E-state index contributed by atoms with van der Waals surface area (Å²) in [5.74, 6) is 0. The second-order valence-corrected chi connectivity index (χ2v) is 15.9. The van der Waals surface area contributed by atoms with Crippen molar-refractivity contribution in [2.24, 2.45) is 0 Å². The van der Waals surface area contributed by atoms with Gasteiger partial charge in [-0.15, -0.1) is 0 Å². The van der Waals surface area contributed by atoms with Crippen molar-refractivity contribution in [3.8, 4) is 61.1 Å². The standard InChI is InChI=1S/C45H23N5Se/c1-45(2)37-12-7-11-31-29-9-5-6-13-39(29)50(43(31)37)44-38(45)19-40(51-44)24-14-15-28-33-17-32-27-8-3-4-10-30(27)41(25(20-46)21-47)35(32)18-36(33)42(34(28)16-24)26(22-48)23-49/h3-19H,1-2H3. The minimum atomic E-state index is -0.191. The molecule has 3 heterocycles. The summed E-state index contributed by atoms with van der Waals surface area (Å²) < 4.78 is 5.09. The van der Waals surface area contributed by atoms with Crippen LogP contribution in [0.15, 0.2) is 114 Å². The third-order valence-corrected chi connectivity index (χ3v) is 13.4. The molecule has 6 heteroatoms. The van der Waals surface area contributed by atoms with Gasteiger partial charge in [0.05, 0.1) is 0 Å². The Bertz CT molecular complexity index is 3010. The molecule has 0 N–H and O–H groups in total. The van der Waals surface area contributed by atoms with Gasteiger partial charge in [0.1, 0.15) is 0 Å². The van der Waals surface area contributed by atoms with Gasteiger partial charge in [0.15, 0.2) is 0 Å². The van der Waals surface area contributed by atoms with Gasteiger partial charge in [-0.1, -0.05) is 0 Å². The molecule has 2 aliphatic carbocycles. The van der Waals surface area contributed by atoms with Crippen LogP contribution in [-0.2, 0) is 5.41 Å². The molecule has 0 saturated carbocycles. The Morgan fingerprint density at radius 3 is 1.86 bits per heavy atom. The van der Waals surface area contributed by atoms with Gasteiger partial charge in [0.2, 0.25) is 0 Å². The Balaban J connectivity index is 1.20. The normalized spacial score (nSPS) is 13.7. The van der Waals surface area contributed by atoms with E-state index in [1.807, 2.05) is 30.3 Å². The molecule has 2 aromatic heterocycles. The van der Waals surface area contributed by atoms with Crippen molar-refractivity contribution in [2.45, 2.75) is 19.3 Å². The molecular weight excluding hydrogens is 689 g/mol. The quantitative estimate of drug-likeness (QED) is 0.125. The van der Waals surface area contributed by atoms with Gasteiger partial charge in [-0.05, 0) is 0 Å². The molecule has 5 nitrogen and oxygen atoms in total. The predicted octanol–water partition coefficient (Wildman–Crippen LogP) is 9.81. The van der Waals surface area contributed by atoms with Gasteiger partial charge in [-0.2, -0.15) is 0 Å². The average Bonchev–Trinajstić information content (AvgIpc) is 3.91. The van der Waals surface area contributed by atoms with Crippen molar-refractivity contribution < 1.29 is 0 Å². The Morgan fingerprint density at radius 2 is 1.14 bits per heavy atom. The first kappa shape index (κ1) is 29.3. The number of nitriles is 4. The molecule has 0 atom stereocenters. The molecule has 0 amide bonds. The molecule has 7 aromatic rings. The molecule has 1 aliphatic heterocycles. The molecule has 0 unspecified atom stereocenters. The molecule has 0 radical (unpaired) electrons. The van der Waals surface area contributed by atoms with E-state index in [4.69, 9.17) is 0 Å². The van der Waals surface area contributed by atoms with E-state index in [1.54, 1.807) is 0 Å². The summed E-state index contributed by atoms with van der Waals surface area (Å²) in [6.07, 6.45) is 0. The van der Waals surface area contributed by atoms with E-state index < -0.39 is 0 Å². The summed E-state index contributed by atoms with van der Waals surface area (Å²) in [4.78, 5) is 0. The third-order valence-electron chi connectivity index (χ3n) is 11.0. The van der Waals surface area contributed by atoms with Crippen molar-refractivity contribution in [3.05, 3.63) is 148 Å². The number of aromatic nitrogens is 1. The Labute approximate surface area is 299 Å². The Hall–Kier alpha value is -6.66. The molecular formula is C45H23N5Se. The Morgan fingerprint density at radius 1 is 0.549 bits per heavy atom. The zero-order valence-electron chi connectivity index (χ0n) is 27.5. The topological polar surface area (TPSA) is 100 Å². The van der Waals surface area contributed by atoms with E-state index in [-0.39, 0.29) is 31.1 Å². The van der Waals surface area contributed by atoms with Crippen LogP contribution in [0.2, 0.25) is 0 Å². The third kappa shape index (κ3) is 3.66. The zero-order valence-corrected chi connectivity index (χ0v) is 29.2. The number of hydrogen-bond acceptors (Lipinski definition) is 4. The molecule has 51 heavy (non-hydrogen) atoms. The summed E-state index contributed by atoms with van der Waals surface area (Å²) >= 11 is -0.0126. The number of rotatable bonds is 1. The fourth-order valence-corrected chi connectivity index (χ4v) is 11.5. The number of benzene rings is 5. The number of fused-ring (bicyclic) bond motifs is 11. The zero-order chi connectivity index (χ0) is 34.8. The van der Waals surface area contributed by atoms with Gasteiger partial charge < -0.3 is 0 Å². The van der Waals surface area contributed by atoms with Gasteiger partial charge >= 0.3 is 301 Å². The van der Waals surface area contributed by atoms with E-state index in [9.17, 15) is 21.0 Å². The number of nitrogens with zero attached hydrogens (tertiary/aromatic N) is 5. The van der Waals surface area contributed by atoms with Crippen LogP contribution < -0.4 is 0 Å². The Kier molecular flexibility index (Phi) is 5.85. The minimum absolute atomic E-state index is 0.0126. The molecule has 0 saturated heterocycles. The van der Waals surface area contributed by atoms with Crippen LogP contribution in [-0.4, -0.2) is 19.1 Å². The van der Waals surface area contributed by atoms with Crippen LogP contribution in [0.1, 0.15) is 47.2 Å². The number of allylic oxidation sites excluding steroid dienone is 2. The van der Waals surface area contributed by atoms with E-state index in [0.29, 0.717) is 11.1 Å². The predicted molar refractivity (Wildman–Crippen MR) is 201 cm³/mol. The molecule has 5 aromatic carbocycles. The van der Waals surface area contributed by atoms with Crippen LogP contribution in [0.5, 0.6) is 0 Å². The molecule has 10 rings (SSSR count). The summed E-state index contributed by atoms with van der Waals surface area (Å²) in [6.45, 7) is 4.65. The molecule has 0 bridgehead atoms. The first-order valence-electron chi connectivity index (χ1n) is 16.6. The maximum absolute atomic E-state index is 10.2. The first-order chi connectivity index (χ1) is 24.9. The van der Waals surface area contributed by atoms with E-state index >= 15 is 0 Å².